The minimum Gasteiger partial charge on any atom is -0.463 e. The molecule has 0 heterocycles. The quantitative estimate of drug-likeness (QED) is 0.398. The van der Waals surface area contributed by atoms with E-state index in [1.807, 2.05) is 27.7 Å². The summed E-state index contributed by atoms with van der Waals surface area (Å²) in [6.45, 7) is 8.71. The minimum absolute atomic E-state index is 0.0930. The maximum absolute atomic E-state index is 11.9. The van der Waals surface area contributed by atoms with Gasteiger partial charge in [-0.15, -0.1) is 0 Å². The van der Waals surface area contributed by atoms with Crippen molar-refractivity contribution in [1.29, 1.82) is 0 Å². The summed E-state index contributed by atoms with van der Waals surface area (Å²) in [7, 11) is 5.10. The molecular weight excluding hydrogens is 327 g/mol. The topological polar surface area (TPSA) is 102 Å². The molecule has 0 aliphatic heterocycles. The molecule has 0 aliphatic rings. The molecule has 0 amide bonds. The van der Waals surface area contributed by atoms with Gasteiger partial charge in [0.25, 0.3) is 8.05 Å². The second kappa shape index (κ2) is 12.3. The van der Waals surface area contributed by atoms with Crippen molar-refractivity contribution < 1.29 is 33.9 Å². The van der Waals surface area contributed by atoms with Crippen LogP contribution in [0.4, 0.5) is 0 Å². The summed E-state index contributed by atoms with van der Waals surface area (Å²) in [5.74, 6) is -0.738. The Bertz CT molecular complexity index is 400. The van der Waals surface area contributed by atoms with Crippen molar-refractivity contribution in [3.8, 4) is 0 Å². The zero-order valence-corrected chi connectivity index (χ0v) is 15.8. The molecule has 0 aromatic heterocycles. The molecule has 0 fully saturated rings. The average Bonchev–Trinajstić information content (AvgIpc) is 2.49. The first kappa shape index (κ1) is 23.9. The van der Waals surface area contributed by atoms with Gasteiger partial charge in [0.05, 0.1) is 0 Å². The zero-order chi connectivity index (χ0) is 19.6. The van der Waals surface area contributed by atoms with E-state index in [4.69, 9.17) is 17.5 Å². The highest BCUT2D eigenvalue weighted by atomic mass is 16.6. The zero-order valence-electron chi connectivity index (χ0n) is 15.8. The maximum atomic E-state index is 11.9. The lowest BCUT2D eigenvalue weighted by Gasteiger charge is -2.28. The van der Waals surface area contributed by atoms with E-state index >= 15 is 0 Å². The fraction of sp³-hybridized carbons (Fsp3) is 0.882. The van der Waals surface area contributed by atoms with Crippen LogP contribution in [-0.2, 0) is 23.7 Å². The first-order valence-corrected chi connectivity index (χ1v) is 8.63. The van der Waals surface area contributed by atoms with Crippen LogP contribution in [-0.4, -0.2) is 61.2 Å². The van der Waals surface area contributed by atoms with Crippen molar-refractivity contribution in [3.63, 3.8) is 0 Å². The summed E-state index contributed by atoms with van der Waals surface area (Å²) in [4.78, 5) is 23.4. The van der Waals surface area contributed by atoms with Crippen molar-refractivity contribution in [2.24, 2.45) is 11.8 Å². The number of hydrogen-bond acceptors (Lipinski definition) is 7. The molecule has 4 atom stereocenters. The van der Waals surface area contributed by atoms with Gasteiger partial charge >= 0.3 is 11.9 Å². The molecule has 0 aromatic carbocycles. The summed E-state index contributed by atoms with van der Waals surface area (Å²) in [6, 6.07) is 0. The third-order valence-electron chi connectivity index (χ3n) is 3.42. The second-order valence-electron chi connectivity index (χ2n) is 7.15. The van der Waals surface area contributed by atoms with Crippen LogP contribution in [0.5, 0.6) is 0 Å². The number of rotatable bonds is 12. The molecule has 0 aromatic rings. The van der Waals surface area contributed by atoms with Crippen LogP contribution < -0.4 is 0 Å². The van der Waals surface area contributed by atoms with Crippen LogP contribution in [0.2, 0.25) is 0 Å². The Kier molecular flexibility index (Phi) is 11.7. The highest BCUT2D eigenvalue weighted by Gasteiger charge is 2.32. The van der Waals surface area contributed by atoms with Gasteiger partial charge in [-0.1, -0.05) is 27.7 Å². The van der Waals surface area contributed by atoms with Gasteiger partial charge in [-0.05, 0) is 18.8 Å². The third-order valence-corrected chi connectivity index (χ3v) is 3.42. The molecule has 7 nitrogen and oxygen atoms in total. The third kappa shape index (κ3) is 11.2. The molecule has 0 saturated heterocycles. The van der Waals surface area contributed by atoms with Crippen molar-refractivity contribution in [2.75, 3.05) is 6.61 Å². The van der Waals surface area contributed by atoms with E-state index in [2.05, 4.69) is 4.65 Å². The summed E-state index contributed by atoms with van der Waals surface area (Å²) >= 11 is 0. The summed E-state index contributed by atoms with van der Waals surface area (Å²) < 4.78 is 14.9. The highest BCUT2D eigenvalue weighted by molar-refractivity contribution is 5.98. The summed E-state index contributed by atoms with van der Waals surface area (Å²) in [5, 5.41) is 20.3. The Morgan fingerprint density at radius 1 is 0.960 bits per heavy atom. The van der Waals surface area contributed by atoms with E-state index in [0.717, 1.165) is 0 Å². The van der Waals surface area contributed by atoms with Gasteiger partial charge in [-0.3, -0.25) is 9.59 Å². The van der Waals surface area contributed by atoms with Crippen LogP contribution in [0.3, 0.4) is 0 Å². The molecular formula is C17H31BO7. The first-order chi connectivity index (χ1) is 11.6. The Morgan fingerprint density at radius 2 is 1.48 bits per heavy atom. The molecule has 2 N–H and O–H groups in total. The monoisotopic (exact) mass is 358 g/mol. The maximum Gasteiger partial charge on any atom is 0.306 e. The van der Waals surface area contributed by atoms with Crippen molar-refractivity contribution in [1.82, 2.24) is 0 Å². The predicted octanol–water partition coefficient (Wildman–Crippen LogP) is 1.13. The van der Waals surface area contributed by atoms with Gasteiger partial charge in [-0.25, -0.2) is 0 Å². The van der Waals surface area contributed by atoms with E-state index < -0.39 is 36.4 Å². The number of aliphatic hydroxyl groups excluding tert-OH is 2. The lowest BCUT2D eigenvalue weighted by molar-refractivity contribution is -0.169. The van der Waals surface area contributed by atoms with Crippen molar-refractivity contribution in [3.05, 3.63) is 0 Å². The number of aliphatic hydroxyl groups is 2. The lowest BCUT2D eigenvalue weighted by Crippen LogP contribution is -2.44. The van der Waals surface area contributed by atoms with Gasteiger partial charge < -0.3 is 24.3 Å². The standard InChI is InChI=1S/C17H31BO7/c1-10(2)6-15(20)23-9-13(19)17(22)14(8-12(5)25-18)24-16(21)7-11(3)4/h10-14,17,19,22H,6-9H2,1-5H3. The molecule has 0 rings (SSSR count). The lowest BCUT2D eigenvalue weighted by atomic mass is 10.0. The number of ether oxygens (including phenoxy) is 2. The van der Waals surface area contributed by atoms with E-state index in [0.29, 0.717) is 0 Å². The largest absolute Gasteiger partial charge is 0.463 e. The molecule has 4 unspecified atom stereocenters. The Morgan fingerprint density at radius 3 is 1.96 bits per heavy atom. The fourth-order valence-electron chi connectivity index (χ4n) is 2.11. The van der Waals surface area contributed by atoms with Crippen LogP contribution >= 0.6 is 0 Å². The number of esters is 2. The van der Waals surface area contributed by atoms with Crippen LogP contribution in [0, 0.1) is 11.8 Å². The molecule has 0 aliphatic carbocycles. The molecule has 0 saturated carbocycles. The fourth-order valence-corrected chi connectivity index (χ4v) is 2.11. The normalized spacial score (nSPS) is 16.4. The second-order valence-corrected chi connectivity index (χ2v) is 7.15. The molecule has 0 spiro atoms. The van der Waals surface area contributed by atoms with Crippen molar-refractivity contribution >= 4 is 20.0 Å². The summed E-state index contributed by atoms with van der Waals surface area (Å²) in [6.07, 6.45) is -3.85. The van der Waals surface area contributed by atoms with Crippen molar-refractivity contribution in [2.45, 2.75) is 78.3 Å². The Hall–Kier alpha value is -1.12. The Labute approximate surface area is 151 Å². The number of carbonyl (C=O) groups excluding carboxylic acids is 2. The van der Waals surface area contributed by atoms with Gasteiger partial charge in [0.15, 0.2) is 0 Å². The van der Waals surface area contributed by atoms with Gasteiger partial charge in [-0.2, -0.15) is 0 Å². The number of hydrogen-bond donors (Lipinski definition) is 2. The molecule has 2 radical (unpaired) electrons. The van der Waals surface area contributed by atoms with Crippen LogP contribution in [0.1, 0.15) is 53.9 Å². The molecule has 144 valence electrons. The van der Waals surface area contributed by atoms with Crippen LogP contribution in [0.15, 0.2) is 0 Å². The van der Waals surface area contributed by atoms with E-state index in [9.17, 15) is 19.8 Å². The SMILES string of the molecule is [B]OC(C)CC(OC(=O)CC(C)C)C(O)C(O)COC(=O)CC(C)C. The molecule has 25 heavy (non-hydrogen) atoms. The van der Waals surface area contributed by atoms with Crippen LogP contribution in [0.25, 0.3) is 0 Å². The number of carbonyl (C=O) groups is 2. The van der Waals surface area contributed by atoms with Gasteiger partial charge in [0.1, 0.15) is 24.9 Å². The van der Waals surface area contributed by atoms with E-state index in [-0.39, 0.29) is 37.7 Å². The van der Waals surface area contributed by atoms with E-state index in [1.165, 1.54) is 0 Å². The average molecular weight is 358 g/mol. The predicted molar refractivity (Wildman–Crippen MR) is 92.7 cm³/mol. The highest BCUT2D eigenvalue weighted by Crippen LogP contribution is 2.16. The molecule has 8 heteroatoms. The smallest absolute Gasteiger partial charge is 0.306 e. The summed E-state index contributed by atoms with van der Waals surface area (Å²) in [5.41, 5.74) is 0. The molecule has 0 bridgehead atoms. The Balaban J connectivity index is 4.73. The van der Waals surface area contributed by atoms with Gasteiger partial charge in [0.2, 0.25) is 0 Å². The minimum atomic E-state index is -1.43. The first-order valence-electron chi connectivity index (χ1n) is 8.63. The van der Waals surface area contributed by atoms with Gasteiger partial charge in [0, 0.05) is 25.4 Å². The van der Waals surface area contributed by atoms with E-state index in [1.54, 1.807) is 6.92 Å².